The third-order valence-electron chi connectivity index (χ3n) is 1.10. The largest absolute Gasteiger partial charge is 0.693 e. The van der Waals surface area contributed by atoms with E-state index in [9.17, 15) is 0 Å². The fraction of sp³-hybridized carbons (Fsp3) is 0.857. The summed E-state index contributed by atoms with van der Waals surface area (Å²) in [7, 11) is 14.8. The van der Waals surface area contributed by atoms with Crippen molar-refractivity contribution in [2.75, 3.05) is 0 Å². The van der Waals surface area contributed by atoms with Gasteiger partial charge in [-0.1, -0.05) is 32.6 Å². The van der Waals surface area contributed by atoms with E-state index in [4.69, 9.17) is 30.1 Å². The molecule has 0 fully saturated rings. The normalized spacial score (nSPS) is 8.50. The second-order valence-electron chi connectivity index (χ2n) is 2.09. The van der Waals surface area contributed by atoms with E-state index in [0.29, 0.717) is 0 Å². The van der Waals surface area contributed by atoms with E-state index in [1.54, 1.807) is 0 Å². The van der Waals surface area contributed by atoms with Gasteiger partial charge in [0, 0.05) is 0 Å². The van der Waals surface area contributed by atoms with Gasteiger partial charge in [0.25, 0.3) is 0 Å². The fourth-order valence-corrected chi connectivity index (χ4v) is 0.604. The Morgan fingerprint density at radius 2 is 1.50 bits per heavy atom. The molecule has 0 aromatic carbocycles. The Morgan fingerprint density at radius 1 is 1.08 bits per heavy atom. The molecular weight excluding hydrogens is 256 g/mol. The van der Waals surface area contributed by atoms with Crippen LogP contribution in [0.3, 0.4) is 0 Å². The average Bonchev–Trinajstić information content (AvgIpc) is 1.88. The number of halogens is 3. The van der Waals surface area contributed by atoms with Crippen molar-refractivity contribution in [2.45, 2.75) is 39.0 Å². The van der Waals surface area contributed by atoms with Crippen LogP contribution in [0.15, 0.2) is 0 Å². The molecule has 0 unspecified atom stereocenters. The third kappa shape index (κ3) is 42.4. The first-order chi connectivity index (χ1) is 5.15. The van der Waals surface area contributed by atoms with Crippen molar-refractivity contribution in [1.29, 1.82) is 0 Å². The predicted octanol–water partition coefficient (Wildman–Crippen LogP) is 5.57. The van der Waals surface area contributed by atoms with Crippen molar-refractivity contribution in [3.8, 4) is 0 Å². The van der Waals surface area contributed by atoms with Crippen molar-refractivity contribution in [3.05, 3.63) is 13.1 Å². The first-order valence-electron chi connectivity index (χ1n) is 3.67. The SMILES string of the molecule is [CH2-]CCCCCC.[Cl][Cr]([Cl])[Cl].[NH2-]. The molecule has 0 rings (SSSR count). The monoisotopic (exact) mass is 272 g/mol. The summed E-state index contributed by atoms with van der Waals surface area (Å²) >= 11 is -1.62. The van der Waals surface area contributed by atoms with Gasteiger partial charge in [-0.15, -0.1) is 0 Å². The molecule has 0 aromatic heterocycles. The number of hydrogen-bond donors (Lipinski definition) is 0. The summed E-state index contributed by atoms with van der Waals surface area (Å²) in [5.74, 6) is 0. The topological polar surface area (TPSA) is 33.5 Å². The van der Waals surface area contributed by atoms with Crippen LogP contribution in [0.2, 0.25) is 0 Å². The van der Waals surface area contributed by atoms with Gasteiger partial charge in [-0.3, -0.25) is 0 Å². The molecule has 2 N–H and O–H groups in total. The zero-order chi connectivity index (χ0) is 9.11. The van der Waals surface area contributed by atoms with Gasteiger partial charge in [0.05, 0.1) is 0 Å². The van der Waals surface area contributed by atoms with Crippen LogP contribution < -0.4 is 0 Å². The molecule has 0 aliphatic carbocycles. The molecule has 5 heteroatoms. The molecule has 0 radical (unpaired) electrons. The molecule has 0 heterocycles. The quantitative estimate of drug-likeness (QED) is 0.474. The van der Waals surface area contributed by atoms with E-state index in [-0.39, 0.29) is 6.15 Å². The Bertz CT molecular complexity index is 57.9. The van der Waals surface area contributed by atoms with E-state index in [1.165, 1.54) is 25.7 Å². The molecule has 0 aliphatic rings. The number of rotatable bonds is 4. The molecule has 1 nitrogen and oxygen atoms in total. The minimum Gasteiger partial charge on any atom is -0.693 e. The average molecular weight is 274 g/mol. The molecule has 0 bridgehead atoms. The van der Waals surface area contributed by atoms with Gasteiger partial charge in [-0.2, -0.15) is 6.42 Å². The maximum Gasteiger partial charge on any atom is -0.693 e. The van der Waals surface area contributed by atoms with Crippen LogP contribution in [0, 0.1) is 6.92 Å². The molecule has 0 amide bonds. The summed E-state index contributed by atoms with van der Waals surface area (Å²) in [6.45, 7) is 5.98. The molecule has 0 aromatic rings. The molecule has 79 valence electrons. The van der Waals surface area contributed by atoms with E-state index < -0.39 is 11.4 Å². The van der Waals surface area contributed by atoms with Crippen LogP contribution in [0.4, 0.5) is 0 Å². The van der Waals surface area contributed by atoms with Gasteiger partial charge >= 0.3 is 41.5 Å². The molecule has 0 saturated carbocycles. The molecule has 0 atom stereocenters. The summed E-state index contributed by atoms with van der Waals surface area (Å²) < 4.78 is 0. The summed E-state index contributed by atoms with van der Waals surface area (Å²) in [6.07, 6.45) is 6.52. The second-order valence-corrected chi connectivity index (χ2v) is 8.41. The molecule has 0 saturated heterocycles. The fourth-order valence-electron chi connectivity index (χ4n) is 0.604. The first-order valence-corrected chi connectivity index (χ1v) is 8.93. The van der Waals surface area contributed by atoms with Gasteiger partial charge < -0.3 is 13.1 Å². The second kappa shape index (κ2) is 18.2. The maximum atomic E-state index is 4.93. The van der Waals surface area contributed by atoms with Crippen LogP contribution in [0.1, 0.15) is 39.0 Å². The van der Waals surface area contributed by atoms with Crippen molar-refractivity contribution >= 4 is 30.1 Å². The van der Waals surface area contributed by atoms with Crippen LogP contribution in [0.5, 0.6) is 0 Å². The Kier molecular flexibility index (Phi) is 28.9. The smallest absolute Gasteiger partial charge is 0.693 e. The molecular formula is C7H17Cl3CrN-2. The minimum absolute atomic E-state index is 0. The van der Waals surface area contributed by atoms with Crippen molar-refractivity contribution in [1.82, 2.24) is 0 Å². The van der Waals surface area contributed by atoms with Gasteiger partial charge in [-0.25, -0.2) is 0 Å². The van der Waals surface area contributed by atoms with Crippen LogP contribution in [-0.2, 0) is 11.4 Å². The predicted molar refractivity (Wildman–Crippen MR) is 57.0 cm³/mol. The maximum absolute atomic E-state index is 4.93. The minimum atomic E-state index is -1.62. The summed E-state index contributed by atoms with van der Waals surface area (Å²) in [5.41, 5.74) is 0. The Morgan fingerprint density at radius 3 is 1.75 bits per heavy atom. The van der Waals surface area contributed by atoms with E-state index in [1.807, 2.05) is 0 Å². The molecule has 0 spiro atoms. The van der Waals surface area contributed by atoms with Gasteiger partial charge in [0.1, 0.15) is 0 Å². The first kappa shape index (κ1) is 19.0. The Labute approximate surface area is 93.3 Å². The van der Waals surface area contributed by atoms with Crippen LogP contribution in [0.25, 0.3) is 6.15 Å². The summed E-state index contributed by atoms with van der Waals surface area (Å²) in [6, 6.07) is 0. The number of hydrogen-bond acceptors (Lipinski definition) is 0. The number of nitrogens with two attached hydrogens (primary N) is 1. The summed E-state index contributed by atoms with van der Waals surface area (Å²) in [4.78, 5) is 0. The summed E-state index contributed by atoms with van der Waals surface area (Å²) in [5, 5.41) is 0. The van der Waals surface area contributed by atoms with Crippen LogP contribution in [-0.4, -0.2) is 0 Å². The van der Waals surface area contributed by atoms with Gasteiger partial charge in [-0.05, 0) is 0 Å². The molecule has 0 aliphatic heterocycles. The van der Waals surface area contributed by atoms with Crippen molar-refractivity contribution in [3.63, 3.8) is 0 Å². The van der Waals surface area contributed by atoms with E-state index in [0.717, 1.165) is 6.42 Å². The van der Waals surface area contributed by atoms with Gasteiger partial charge in [0.15, 0.2) is 0 Å². The Balaban J connectivity index is -0.000000142. The Hall–Kier alpha value is 1.36. The zero-order valence-electron chi connectivity index (χ0n) is 7.36. The zero-order valence-corrected chi connectivity index (χ0v) is 10.9. The van der Waals surface area contributed by atoms with E-state index >= 15 is 0 Å². The number of unbranched alkanes of at least 4 members (excludes halogenated alkanes) is 4. The third-order valence-corrected chi connectivity index (χ3v) is 1.10. The van der Waals surface area contributed by atoms with E-state index in [2.05, 4.69) is 13.8 Å². The van der Waals surface area contributed by atoms with Crippen molar-refractivity contribution in [2.24, 2.45) is 0 Å². The van der Waals surface area contributed by atoms with Crippen LogP contribution >= 0.6 is 30.1 Å². The standard InChI is InChI=1S/C7H15.3ClH.Cr.H2N/c1-3-5-7-6-4-2;;;;;/h1,3-7H2,2H3;3*1H;;1H2/q-1;;;;+3;-1/p-3. The van der Waals surface area contributed by atoms with Gasteiger partial charge in [0.2, 0.25) is 0 Å². The van der Waals surface area contributed by atoms with Crippen molar-refractivity contribution < 1.29 is 11.4 Å². The molecule has 12 heavy (non-hydrogen) atoms.